The van der Waals surface area contributed by atoms with Crippen LogP contribution in [0.25, 0.3) is 0 Å². The Labute approximate surface area is 193 Å². The van der Waals surface area contributed by atoms with Crippen LogP contribution < -0.4 is 20.5 Å². The number of alkyl halides is 3. The first-order valence-electron chi connectivity index (χ1n) is 9.81. The molecule has 2 aromatic carbocycles. The number of amides is 1. The van der Waals surface area contributed by atoms with Gasteiger partial charge in [0.2, 0.25) is 0 Å². The summed E-state index contributed by atoms with van der Waals surface area (Å²) in [5.74, 6) is -0.0763. The van der Waals surface area contributed by atoms with Crippen molar-refractivity contribution in [1.29, 1.82) is 0 Å². The standard InChI is InChI=1S/C21H22Cl2F3N3O3/c22-16-9-13(21(24,25)26)1-3-19(16)32-12-20(30)28-15-2-4-18(17(23)10-15)31-8-7-29-6-5-14(27)11-29/h1-4,9-10,14H,5-8,11-12,27H2,(H,28,30). The van der Waals surface area contributed by atoms with E-state index in [1.807, 2.05) is 0 Å². The molecule has 6 nitrogen and oxygen atoms in total. The van der Waals surface area contributed by atoms with Crippen molar-refractivity contribution in [2.75, 3.05) is 38.2 Å². The highest BCUT2D eigenvalue weighted by atomic mass is 35.5. The van der Waals surface area contributed by atoms with Gasteiger partial charge >= 0.3 is 6.18 Å². The first kappa shape index (κ1) is 24.4. The number of anilines is 1. The van der Waals surface area contributed by atoms with Crippen LogP contribution in [0.3, 0.4) is 0 Å². The predicted octanol–water partition coefficient (Wildman–Crippen LogP) is 4.44. The lowest BCUT2D eigenvalue weighted by molar-refractivity contribution is -0.137. The minimum Gasteiger partial charge on any atom is -0.491 e. The number of nitrogens with two attached hydrogens (primary N) is 1. The summed E-state index contributed by atoms with van der Waals surface area (Å²) in [6.07, 6.45) is -3.54. The van der Waals surface area contributed by atoms with Gasteiger partial charge in [-0.15, -0.1) is 0 Å². The van der Waals surface area contributed by atoms with Gasteiger partial charge in [-0.25, -0.2) is 0 Å². The first-order valence-corrected chi connectivity index (χ1v) is 10.6. The van der Waals surface area contributed by atoms with Crippen LogP contribution in [-0.2, 0) is 11.0 Å². The van der Waals surface area contributed by atoms with Crippen molar-refractivity contribution in [3.63, 3.8) is 0 Å². The van der Waals surface area contributed by atoms with E-state index < -0.39 is 24.3 Å². The van der Waals surface area contributed by atoms with E-state index >= 15 is 0 Å². The zero-order valence-electron chi connectivity index (χ0n) is 16.9. The number of benzene rings is 2. The normalized spacial score (nSPS) is 16.8. The average molecular weight is 492 g/mol. The highest BCUT2D eigenvalue weighted by molar-refractivity contribution is 6.32. The van der Waals surface area contributed by atoms with Crippen LogP contribution in [0.15, 0.2) is 36.4 Å². The van der Waals surface area contributed by atoms with Gasteiger partial charge in [-0.1, -0.05) is 23.2 Å². The second kappa shape index (κ2) is 10.6. The molecule has 3 N–H and O–H groups in total. The molecule has 0 bridgehead atoms. The summed E-state index contributed by atoms with van der Waals surface area (Å²) in [5.41, 5.74) is 5.39. The van der Waals surface area contributed by atoms with Crippen LogP contribution >= 0.6 is 23.2 Å². The van der Waals surface area contributed by atoms with E-state index in [-0.39, 0.29) is 16.8 Å². The molecule has 1 heterocycles. The molecular formula is C21H22Cl2F3N3O3. The topological polar surface area (TPSA) is 76.8 Å². The number of halogens is 5. The molecule has 1 saturated heterocycles. The summed E-state index contributed by atoms with van der Waals surface area (Å²) in [6.45, 7) is 2.55. The van der Waals surface area contributed by atoms with Crippen molar-refractivity contribution in [1.82, 2.24) is 4.90 Å². The molecule has 2 aromatic rings. The van der Waals surface area contributed by atoms with Crippen LogP contribution in [0.4, 0.5) is 18.9 Å². The van der Waals surface area contributed by atoms with E-state index in [0.717, 1.165) is 44.3 Å². The molecule has 0 spiro atoms. The van der Waals surface area contributed by atoms with Gasteiger partial charge in [-0.05, 0) is 49.4 Å². The number of carbonyl (C=O) groups excluding carboxylic acids is 1. The van der Waals surface area contributed by atoms with Gasteiger partial charge < -0.3 is 20.5 Å². The van der Waals surface area contributed by atoms with Crippen LogP contribution in [0.1, 0.15) is 12.0 Å². The van der Waals surface area contributed by atoms with Crippen molar-refractivity contribution >= 4 is 34.8 Å². The third-order valence-corrected chi connectivity index (χ3v) is 5.40. The maximum absolute atomic E-state index is 12.7. The third-order valence-electron chi connectivity index (χ3n) is 4.81. The number of rotatable bonds is 8. The Hall–Kier alpha value is -2.20. The molecule has 0 aromatic heterocycles. The highest BCUT2D eigenvalue weighted by Crippen LogP contribution is 2.34. The maximum Gasteiger partial charge on any atom is 0.416 e. The minimum atomic E-state index is -4.52. The molecule has 1 aliphatic rings. The van der Waals surface area contributed by atoms with E-state index in [1.165, 1.54) is 6.07 Å². The van der Waals surface area contributed by atoms with Crippen molar-refractivity contribution in [2.45, 2.75) is 18.6 Å². The molecular weight excluding hydrogens is 470 g/mol. The number of carbonyl (C=O) groups is 1. The van der Waals surface area contributed by atoms with Gasteiger partial charge in [-0.3, -0.25) is 9.69 Å². The average Bonchev–Trinajstić information content (AvgIpc) is 3.13. The molecule has 1 fully saturated rings. The fourth-order valence-corrected chi connectivity index (χ4v) is 3.65. The largest absolute Gasteiger partial charge is 0.491 e. The molecule has 1 atom stereocenters. The molecule has 0 saturated carbocycles. The molecule has 0 aliphatic carbocycles. The third kappa shape index (κ3) is 6.90. The SMILES string of the molecule is NC1CCN(CCOc2ccc(NC(=O)COc3ccc(C(F)(F)F)cc3Cl)cc2Cl)C1. The van der Waals surface area contributed by atoms with Crippen LogP contribution in [0.2, 0.25) is 10.0 Å². The lowest BCUT2D eigenvalue weighted by atomic mass is 10.2. The number of nitrogens with zero attached hydrogens (tertiary/aromatic N) is 1. The van der Waals surface area contributed by atoms with Gasteiger partial charge in [-0.2, -0.15) is 13.2 Å². The zero-order valence-corrected chi connectivity index (χ0v) is 18.4. The lowest BCUT2D eigenvalue weighted by Crippen LogP contribution is -2.29. The number of ether oxygens (including phenoxy) is 2. The maximum atomic E-state index is 12.7. The second-order valence-corrected chi connectivity index (χ2v) is 8.14. The quantitative estimate of drug-likeness (QED) is 0.570. The van der Waals surface area contributed by atoms with E-state index in [9.17, 15) is 18.0 Å². The monoisotopic (exact) mass is 491 g/mol. The Balaban J connectivity index is 1.47. The smallest absolute Gasteiger partial charge is 0.416 e. The number of hydrogen-bond acceptors (Lipinski definition) is 5. The highest BCUT2D eigenvalue weighted by Gasteiger charge is 2.31. The Bertz CT molecular complexity index is 960. The summed E-state index contributed by atoms with van der Waals surface area (Å²) < 4.78 is 49.0. The number of likely N-dealkylation sites (tertiary alicyclic amines) is 1. The minimum absolute atomic E-state index is 0.0319. The van der Waals surface area contributed by atoms with Crippen molar-refractivity contribution in [3.05, 3.63) is 52.0 Å². The van der Waals surface area contributed by atoms with Crippen LogP contribution in [0.5, 0.6) is 11.5 Å². The summed E-state index contributed by atoms with van der Waals surface area (Å²) in [5, 5.41) is 2.68. The van der Waals surface area contributed by atoms with Gasteiger partial charge in [0.05, 0.1) is 15.6 Å². The lowest BCUT2D eigenvalue weighted by Gasteiger charge is -2.16. The second-order valence-electron chi connectivity index (χ2n) is 7.32. The summed E-state index contributed by atoms with van der Waals surface area (Å²) in [6, 6.07) is 7.64. The Morgan fingerprint density at radius 3 is 2.44 bits per heavy atom. The fourth-order valence-electron chi connectivity index (χ4n) is 3.18. The van der Waals surface area contributed by atoms with E-state index in [0.29, 0.717) is 23.1 Å². The molecule has 1 unspecified atom stereocenters. The van der Waals surface area contributed by atoms with Crippen molar-refractivity contribution < 1.29 is 27.4 Å². The molecule has 3 rings (SSSR count). The van der Waals surface area contributed by atoms with Crippen molar-refractivity contribution in [2.24, 2.45) is 5.73 Å². The molecule has 32 heavy (non-hydrogen) atoms. The number of nitrogens with one attached hydrogen (secondary N) is 1. The van der Waals surface area contributed by atoms with Crippen LogP contribution in [0, 0.1) is 0 Å². The molecule has 0 radical (unpaired) electrons. The van der Waals surface area contributed by atoms with E-state index in [1.54, 1.807) is 12.1 Å². The summed E-state index contributed by atoms with van der Waals surface area (Å²) in [7, 11) is 0. The Morgan fingerprint density at radius 1 is 1.12 bits per heavy atom. The summed E-state index contributed by atoms with van der Waals surface area (Å²) >= 11 is 12.0. The Morgan fingerprint density at radius 2 is 1.81 bits per heavy atom. The van der Waals surface area contributed by atoms with Gasteiger partial charge in [0, 0.05) is 24.8 Å². The van der Waals surface area contributed by atoms with Gasteiger partial charge in [0.25, 0.3) is 5.91 Å². The van der Waals surface area contributed by atoms with Crippen molar-refractivity contribution in [3.8, 4) is 11.5 Å². The molecule has 1 amide bonds. The first-order chi connectivity index (χ1) is 15.1. The molecule has 1 aliphatic heterocycles. The molecule has 11 heteroatoms. The molecule has 174 valence electrons. The number of hydrogen-bond donors (Lipinski definition) is 2. The summed E-state index contributed by atoms with van der Waals surface area (Å²) in [4.78, 5) is 14.3. The van der Waals surface area contributed by atoms with Crippen LogP contribution in [-0.4, -0.2) is 49.7 Å². The van der Waals surface area contributed by atoms with E-state index in [2.05, 4.69) is 10.2 Å². The van der Waals surface area contributed by atoms with Gasteiger partial charge in [0.1, 0.15) is 18.1 Å². The van der Waals surface area contributed by atoms with E-state index in [4.69, 9.17) is 38.4 Å². The van der Waals surface area contributed by atoms with Gasteiger partial charge in [0.15, 0.2) is 6.61 Å². The predicted molar refractivity (Wildman–Crippen MR) is 117 cm³/mol. The Kier molecular flexibility index (Phi) is 8.10. The fraction of sp³-hybridized carbons (Fsp3) is 0.381. The zero-order chi connectivity index (χ0) is 23.3.